The lowest BCUT2D eigenvalue weighted by Crippen LogP contribution is -2.38. The van der Waals surface area contributed by atoms with Crippen LogP contribution in [0.3, 0.4) is 0 Å². The molecule has 2 aliphatic heterocycles. The van der Waals surface area contributed by atoms with Crippen molar-refractivity contribution in [1.82, 2.24) is 0 Å². The molecule has 0 saturated carbocycles. The van der Waals surface area contributed by atoms with Gasteiger partial charge in [-0.3, -0.25) is 4.79 Å². The molecule has 0 bridgehead atoms. The van der Waals surface area contributed by atoms with Gasteiger partial charge in [0.1, 0.15) is 0 Å². The van der Waals surface area contributed by atoms with Gasteiger partial charge in [0.05, 0.1) is 24.0 Å². The summed E-state index contributed by atoms with van der Waals surface area (Å²) >= 11 is 13.7. The molecule has 2 unspecified atom stereocenters. The average Bonchev–Trinajstić information content (AvgIpc) is 3.10. The Labute approximate surface area is 184 Å². The van der Waals surface area contributed by atoms with E-state index in [4.69, 9.17) is 23.2 Å². The normalized spacial score (nSPS) is 24.1. The Kier molecular flexibility index (Phi) is 5.68. The van der Waals surface area contributed by atoms with E-state index in [1.54, 1.807) is 30.3 Å². The van der Waals surface area contributed by atoms with Crippen molar-refractivity contribution in [3.63, 3.8) is 0 Å². The molecule has 29 heavy (non-hydrogen) atoms. The molecule has 1 amide bonds. The van der Waals surface area contributed by atoms with E-state index in [1.807, 2.05) is 24.0 Å². The van der Waals surface area contributed by atoms with Crippen LogP contribution in [0.1, 0.15) is 11.1 Å². The van der Waals surface area contributed by atoms with Gasteiger partial charge < -0.3 is 4.90 Å². The fraction of sp³-hybridized carbons (Fsp3) is 0.300. The van der Waals surface area contributed by atoms with E-state index in [9.17, 15) is 13.2 Å². The van der Waals surface area contributed by atoms with Crippen LogP contribution < -0.4 is 4.90 Å². The molecule has 2 atom stereocenters. The molecule has 0 aromatic heterocycles. The third-order valence-corrected chi connectivity index (χ3v) is 8.83. The van der Waals surface area contributed by atoms with E-state index in [1.165, 1.54) is 11.8 Å². The number of carbonyl (C=O) groups is 1. The number of aryl methyl sites for hydroxylation is 1. The second-order valence-electron chi connectivity index (χ2n) is 7.16. The Bertz CT molecular complexity index is 1120. The summed E-state index contributed by atoms with van der Waals surface area (Å²) in [7, 11) is -3.13. The average molecular weight is 469 g/mol. The number of hydrogen-bond donors (Lipinski definition) is 0. The summed E-state index contributed by atoms with van der Waals surface area (Å²) in [5.41, 5.74) is 2.42. The van der Waals surface area contributed by atoms with Crippen LogP contribution in [-0.4, -0.2) is 42.3 Å². The number of anilines is 1. The molecule has 152 valence electrons. The van der Waals surface area contributed by atoms with Crippen molar-refractivity contribution in [1.29, 1.82) is 0 Å². The molecule has 2 saturated heterocycles. The second kappa shape index (κ2) is 7.95. The topological polar surface area (TPSA) is 66.8 Å². The number of benzene rings is 2. The molecule has 0 spiro atoms. The fourth-order valence-corrected chi connectivity index (χ4v) is 7.93. The maximum Gasteiger partial charge on any atom is 0.252 e. The van der Waals surface area contributed by atoms with Crippen LogP contribution in [-0.2, 0) is 21.1 Å². The molecule has 2 fully saturated rings. The number of amidine groups is 1. The highest BCUT2D eigenvalue weighted by Gasteiger charge is 2.49. The van der Waals surface area contributed by atoms with Crippen molar-refractivity contribution in [2.75, 3.05) is 16.4 Å². The number of hydrogen-bond acceptors (Lipinski definition) is 4. The van der Waals surface area contributed by atoms with Gasteiger partial charge in [-0.25, -0.2) is 8.42 Å². The number of sulfone groups is 1. The smallest absolute Gasteiger partial charge is 0.252 e. The van der Waals surface area contributed by atoms with Crippen molar-refractivity contribution in [3.05, 3.63) is 63.6 Å². The standard InChI is InChI=1S/C20H18Cl2N2O3S2/c1-12-6-7-14(21)9-16(12)24-17-10-29(26,27)11-18(17)28-20(24)23-19(25)8-13-4-2-3-5-15(13)22/h2-7,9,17-18H,8,10-11H2,1H3. The van der Waals surface area contributed by atoms with Gasteiger partial charge >= 0.3 is 0 Å². The van der Waals surface area contributed by atoms with Gasteiger partial charge in [0.2, 0.25) is 0 Å². The van der Waals surface area contributed by atoms with E-state index in [0.29, 0.717) is 20.8 Å². The highest BCUT2D eigenvalue weighted by Crippen LogP contribution is 2.42. The molecule has 9 heteroatoms. The summed E-state index contributed by atoms with van der Waals surface area (Å²) in [6, 6.07) is 12.3. The highest BCUT2D eigenvalue weighted by molar-refractivity contribution is 8.16. The minimum Gasteiger partial charge on any atom is -0.315 e. The molecule has 0 aliphatic carbocycles. The number of fused-ring (bicyclic) bond motifs is 1. The first-order valence-electron chi connectivity index (χ1n) is 9.01. The number of aliphatic imine (C=N–C) groups is 1. The summed E-state index contributed by atoms with van der Waals surface area (Å²) in [5, 5.41) is 1.41. The van der Waals surface area contributed by atoms with Gasteiger partial charge in [-0.2, -0.15) is 4.99 Å². The molecule has 2 aromatic carbocycles. The van der Waals surface area contributed by atoms with Gasteiger partial charge in [-0.1, -0.05) is 59.2 Å². The van der Waals surface area contributed by atoms with Crippen LogP contribution in [0.2, 0.25) is 10.0 Å². The van der Waals surface area contributed by atoms with Crippen LogP contribution in [0.4, 0.5) is 5.69 Å². The number of nitrogens with zero attached hydrogens (tertiary/aromatic N) is 2. The lowest BCUT2D eigenvalue weighted by atomic mass is 10.1. The van der Waals surface area contributed by atoms with Gasteiger partial charge in [0, 0.05) is 21.0 Å². The summed E-state index contributed by atoms with van der Waals surface area (Å²) in [6.07, 6.45) is 0.0831. The first-order valence-corrected chi connectivity index (χ1v) is 12.5. The van der Waals surface area contributed by atoms with Gasteiger partial charge in [0.15, 0.2) is 15.0 Å². The van der Waals surface area contributed by atoms with Crippen molar-refractivity contribution >= 4 is 61.6 Å². The summed E-state index contributed by atoms with van der Waals surface area (Å²) < 4.78 is 24.4. The first-order chi connectivity index (χ1) is 13.7. The van der Waals surface area contributed by atoms with E-state index in [-0.39, 0.29) is 35.1 Å². The third-order valence-electron chi connectivity index (χ3n) is 5.02. The zero-order valence-electron chi connectivity index (χ0n) is 15.5. The molecular formula is C20H18Cl2N2O3S2. The Morgan fingerprint density at radius 1 is 1.21 bits per heavy atom. The Morgan fingerprint density at radius 2 is 1.97 bits per heavy atom. The van der Waals surface area contributed by atoms with E-state index in [0.717, 1.165) is 11.3 Å². The van der Waals surface area contributed by atoms with Crippen LogP contribution in [0.25, 0.3) is 0 Å². The molecule has 0 N–H and O–H groups in total. The van der Waals surface area contributed by atoms with E-state index < -0.39 is 9.84 Å². The molecule has 2 heterocycles. The Hall–Kier alpha value is -1.54. The van der Waals surface area contributed by atoms with Gasteiger partial charge in [-0.15, -0.1) is 0 Å². The molecule has 4 rings (SSSR count). The molecule has 0 radical (unpaired) electrons. The van der Waals surface area contributed by atoms with Gasteiger partial charge in [0.25, 0.3) is 5.91 Å². The highest BCUT2D eigenvalue weighted by atomic mass is 35.5. The molecular weight excluding hydrogens is 451 g/mol. The van der Waals surface area contributed by atoms with Crippen LogP contribution in [0, 0.1) is 6.92 Å². The predicted molar refractivity (Wildman–Crippen MR) is 120 cm³/mol. The maximum absolute atomic E-state index is 12.7. The van der Waals surface area contributed by atoms with Crippen LogP contribution in [0.15, 0.2) is 47.5 Å². The van der Waals surface area contributed by atoms with E-state index >= 15 is 0 Å². The Balaban J connectivity index is 1.70. The second-order valence-corrected chi connectivity index (χ2v) is 11.4. The largest absolute Gasteiger partial charge is 0.315 e. The predicted octanol–water partition coefficient (Wildman–Crippen LogP) is 4.15. The third kappa shape index (κ3) is 4.33. The van der Waals surface area contributed by atoms with Crippen molar-refractivity contribution in [2.24, 2.45) is 4.99 Å². The number of amides is 1. The molecule has 5 nitrogen and oxygen atoms in total. The molecule has 2 aliphatic rings. The van der Waals surface area contributed by atoms with Crippen LogP contribution in [0.5, 0.6) is 0 Å². The van der Waals surface area contributed by atoms with Crippen molar-refractivity contribution in [3.8, 4) is 0 Å². The zero-order valence-corrected chi connectivity index (χ0v) is 18.7. The number of thioether (sulfide) groups is 1. The number of halogens is 2. The summed E-state index contributed by atoms with van der Waals surface area (Å²) in [5.74, 6) is -0.210. The summed E-state index contributed by atoms with van der Waals surface area (Å²) in [4.78, 5) is 18.9. The quantitative estimate of drug-likeness (QED) is 0.676. The first kappa shape index (κ1) is 20.7. The maximum atomic E-state index is 12.7. The fourth-order valence-electron chi connectivity index (χ4n) is 3.64. The lowest BCUT2D eigenvalue weighted by Gasteiger charge is -2.26. The van der Waals surface area contributed by atoms with E-state index in [2.05, 4.69) is 4.99 Å². The minimum absolute atomic E-state index is 0.0361. The zero-order chi connectivity index (χ0) is 20.8. The SMILES string of the molecule is Cc1ccc(Cl)cc1N1C(=NC(=O)Cc2ccccc2Cl)SC2CS(=O)(=O)CC21. The van der Waals surface area contributed by atoms with Gasteiger partial charge in [-0.05, 0) is 36.2 Å². The molecule has 2 aromatic rings. The number of carbonyl (C=O) groups excluding carboxylic acids is 1. The van der Waals surface area contributed by atoms with Crippen molar-refractivity contribution in [2.45, 2.75) is 24.6 Å². The van der Waals surface area contributed by atoms with Crippen LogP contribution >= 0.6 is 35.0 Å². The monoisotopic (exact) mass is 468 g/mol. The van der Waals surface area contributed by atoms with Crippen molar-refractivity contribution < 1.29 is 13.2 Å². The lowest BCUT2D eigenvalue weighted by molar-refractivity contribution is -0.117. The summed E-state index contributed by atoms with van der Waals surface area (Å²) in [6.45, 7) is 1.93. The number of rotatable bonds is 3. The Morgan fingerprint density at radius 3 is 2.72 bits per heavy atom. The minimum atomic E-state index is -3.13.